The van der Waals surface area contributed by atoms with Gasteiger partial charge in [0.05, 0.1) is 64.7 Å². The van der Waals surface area contributed by atoms with Gasteiger partial charge in [0.15, 0.2) is 0 Å². The Morgan fingerprint density at radius 2 is 0.906 bits per heavy atom. The quantitative estimate of drug-likeness (QED) is 0.0348. The molecular weight excluding hydrogens is 672 g/mol. The summed E-state index contributed by atoms with van der Waals surface area (Å²) in [5.74, 6) is 0.140. The van der Waals surface area contributed by atoms with Crippen molar-refractivity contribution in [2.75, 3.05) is 39.6 Å². The summed E-state index contributed by atoms with van der Waals surface area (Å²) in [7, 11) is 0. The Kier molecular flexibility index (Phi) is 14.2. The van der Waals surface area contributed by atoms with E-state index in [0.717, 1.165) is 61.2 Å². The van der Waals surface area contributed by atoms with E-state index in [2.05, 4.69) is 62.4 Å². The van der Waals surface area contributed by atoms with E-state index in [1.165, 1.54) is 11.1 Å². The van der Waals surface area contributed by atoms with Crippen LogP contribution in [0.3, 0.4) is 0 Å². The van der Waals surface area contributed by atoms with E-state index in [4.69, 9.17) is 33.2 Å². The second-order valence-electron chi connectivity index (χ2n) is 13.8. The zero-order valence-electron chi connectivity index (χ0n) is 30.7. The Balaban J connectivity index is 0.823. The number of aryl methyl sites for hydroxylation is 2. The monoisotopic (exact) mass is 722 g/mol. The maximum absolute atomic E-state index is 12.4. The molecule has 2 aliphatic rings. The lowest BCUT2D eigenvalue weighted by molar-refractivity contribution is -0.136. The van der Waals surface area contributed by atoms with Crippen LogP contribution >= 0.6 is 0 Å². The van der Waals surface area contributed by atoms with Crippen LogP contribution in [0, 0.1) is 0 Å². The van der Waals surface area contributed by atoms with Crippen molar-refractivity contribution >= 4 is 11.9 Å². The minimum absolute atomic E-state index is 0.0719. The van der Waals surface area contributed by atoms with E-state index >= 15 is 0 Å². The molecule has 0 radical (unpaired) electrons. The van der Waals surface area contributed by atoms with Crippen molar-refractivity contribution < 1.29 is 42.7 Å². The molecule has 280 valence electrons. The number of epoxide rings is 2. The molecule has 0 aromatic heterocycles. The topological polar surface area (TPSA) is 105 Å². The van der Waals surface area contributed by atoms with E-state index in [0.29, 0.717) is 36.9 Å². The molecule has 4 aromatic carbocycles. The molecule has 2 fully saturated rings. The molecule has 2 heterocycles. The number of benzene rings is 4. The molecule has 4 aromatic rings. The summed E-state index contributed by atoms with van der Waals surface area (Å²) in [4.78, 5) is 24.7. The Morgan fingerprint density at radius 3 is 1.25 bits per heavy atom. The van der Waals surface area contributed by atoms with Crippen LogP contribution < -0.4 is 9.47 Å². The van der Waals surface area contributed by atoms with Gasteiger partial charge < -0.3 is 33.2 Å². The Hall–Kier alpha value is -4.38. The summed E-state index contributed by atoms with van der Waals surface area (Å²) < 4.78 is 38.5. The molecule has 0 N–H and O–H groups in total. The summed E-state index contributed by atoms with van der Waals surface area (Å²) in [6, 6.07) is 31.9. The molecule has 0 saturated carbocycles. The Labute approximate surface area is 312 Å². The van der Waals surface area contributed by atoms with Crippen LogP contribution in [-0.4, -0.2) is 76.0 Å². The van der Waals surface area contributed by atoms with Gasteiger partial charge in [-0.05, 0) is 97.2 Å². The highest BCUT2D eigenvalue weighted by molar-refractivity contribution is 5.74. The van der Waals surface area contributed by atoms with Gasteiger partial charge in [-0.2, -0.15) is 0 Å². The van der Waals surface area contributed by atoms with Gasteiger partial charge >= 0.3 is 11.9 Å². The van der Waals surface area contributed by atoms with Gasteiger partial charge in [0.25, 0.3) is 0 Å². The van der Waals surface area contributed by atoms with Crippen LogP contribution in [0.1, 0.15) is 50.7 Å². The molecule has 0 amide bonds. The molecule has 0 spiro atoms. The third-order valence-corrected chi connectivity index (χ3v) is 9.26. The molecular formula is C44H50O9. The number of ether oxygens (including phenoxy) is 7. The van der Waals surface area contributed by atoms with Crippen molar-refractivity contribution in [3.05, 3.63) is 108 Å². The third kappa shape index (κ3) is 13.5. The fourth-order valence-electron chi connectivity index (χ4n) is 5.71. The molecule has 9 heteroatoms. The van der Waals surface area contributed by atoms with Crippen molar-refractivity contribution in [1.82, 2.24) is 0 Å². The number of carbonyl (C=O) groups excluding carboxylic acids is 2. The molecule has 4 atom stereocenters. The summed E-state index contributed by atoms with van der Waals surface area (Å²) >= 11 is 0. The van der Waals surface area contributed by atoms with E-state index in [1.807, 2.05) is 24.3 Å². The second-order valence-corrected chi connectivity index (χ2v) is 13.8. The standard InChI is InChI=1S/C44H50O9/c1-31(48-27-41-29-50-41)3-5-33-7-11-35(12-8-33)37-15-19-39(20-16-37)52-43(45)23-25-47-26-24-44(46)53-40-21-17-38(18-22-40)36-13-9-34(10-14-36)6-4-32(2)49-28-42-30-51-42/h7-22,31-32,41-42H,3-6,23-30H2,1-2H3. The second kappa shape index (κ2) is 19.6. The first-order valence-corrected chi connectivity index (χ1v) is 18.7. The highest BCUT2D eigenvalue weighted by atomic mass is 16.6. The normalized spacial score (nSPS) is 17.2. The number of rotatable bonds is 22. The van der Waals surface area contributed by atoms with Crippen LogP contribution in [0.15, 0.2) is 97.1 Å². The van der Waals surface area contributed by atoms with Crippen molar-refractivity contribution in [1.29, 1.82) is 0 Å². The molecule has 4 unspecified atom stereocenters. The average molecular weight is 723 g/mol. The fourth-order valence-corrected chi connectivity index (χ4v) is 5.71. The first-order valence-electron chi connectivity index (χ1n) is 18.7. The molecule has 6 rings (SSSR count). The van der Waals surface area contributed by atoms with Gasteiger partial charge in [-0.25, -0.2) is 0 Å². The van der Waals surface area contributed by atoms with E-state index < -0.39 is 11.9 Å². The third-order valence-electron chi connectivity index (χ3n) is 9.26. The van der Waals surface area contributed by atoms with Crippen molar-refractivity contribution in [3.8, 4) is 33.8 Å². The van der Waals surface area contributed by atoms with E-state index in [1.54, 1.807) is 24.3 Å². The minimum atomic E-state index is -0.401. The molecule has 2 aliphatic heterocycles. The van der Waals surface area contributed by atoms with Gasteiger partial charge in [-0.15, -0.1) is 0 Å². The van der Waals surface area contributed by atoms with Crippen LogP contribution in [0.5, 0.6) is 11.5 Å². The van der Waals surface area contributed by atoms with Gasteiger partial charge in [-0.1, -0.05) is 72.8 Å². The van der Waals surface area contributed by atoms with E-state index in [9.17, 15) is 9.59 Å². The first-order chi connectivity index (χ1) is 25.9. The molecule has 2 saturated heterocycles. The van der Waals surface area contributed by atoms with Crippen LogP contribution in [0.25, 0.3) is 22.3 Å². The molecule has 0 bridgehead atoms. The summed E-state index contributed by atoms with van der Waals surface area (Å²) in [6.45, 7) is 7.50. The lowest BCUT2D eigenvalue weighted by atomic mass is 10.0. The molecule has 0 aliphatic carbocycles. The lowest BCUT2D eigenvalue weighted by Crippen LogP contribution is -2.14. The maximum atomic E-state index is 12.4. The van der Waals surface area contributed by atoms with Crippen LogP contribution in [0.4, 0.5) is 0 Å². The predicted molar refractivity (Wildman–Crippen MR) is 202 cm³/mol. The average Bonchev–Trinajstić information content (AvgIpc) is 4.12. The van der Waals surface area contributed by atoms with Gasteiger partial charge in [0.2, 0.25) is 0 Å². The molecule has 53 heavy (non-hydrogen) atoms. The van der Waals surface area contributed by atoms with Crippen molar-refractivity contribution in [3.63, 3.8) is 0 Å². The van der Waals surface area contributed by atoms with Crippen LogP contribution in [0.2, 0.25) is 0 Å². The first kappa shape index (κ1) is 38.3. The zero-order chi connectivity index (χ0) is 36.8. The Morgan fingerprint density at radius 1 is 0.566 bits per heavy atom. The van der Waals surface area contributed by atoms with E-state index in [-0.39, 0.29) is 38.3 Å². The fraction of sp³-hybridized carbons (Fsp3) is 0.409. The largest absolute Gasteiger partial charge is 0.426 e. The highest BCUT2D eigenvalue weighted by Crippen LogP contribution is 2.25. The zero-order valence-corrected chi connectivity index (χ0v) is 30.7. The minimum Gasteiger partial charge on any atom is -0.426 e. The molecule has 9 nitrogen and oxygen atoms in total. The highest BCUT2D eigenvalue weighted by Gasteiger charge is 2.24. The van der Waals surface area contributed by atoms with Gasteiger partial charge in [0, 0.05) is 0 Å². The summed E-state index contributed by atoms with van der Waals surface area (Å²) in [6.07, 6.45) is 4.97. The lowest BCUT2D eigenvalue weighted by Gasteiger charge is -2.12. The Bertz CT molecular complexity index is 1580. The summed E-state index contributed by atoms with van der Waals surface area (Å²) in [5.41, 5.74) is 6.80. The maximum Gasteiger partial charge on any atom is 0.313 e. The summed E-state index contributed by atoms with van der Waals surface area (Å²) in [5, 5.41) is 0. The van der Waals surface area contributed by atoms with Crippen LogP contribution in [-0.2, 0) is 46.1 Å². The van der Waals surface area contributed by atoms with Crippen molar-refractivity contribution in [2.24, 2.45) is 0 Å². The van der Waals surface area contributed by atoms with Gasteiger partial charge in [0.1, 0.15) is 23.7 Å². The number of esters is 2. The van der Waals surface area contributed by atoms with Gasteiger partial charge in [-0.3, -0.25) is 9.59 Å². The SMILES string of the molecule is CC(CCc1ccc(-c2ccc(OC(=O)CCOCCC(=O)Oc3ccc(-c4ccc(CCC(C)OCC5CO5)cc4)cc3)cc2)cc1)OCC1CO1. The smallest absolute Gasteiger partial charge is 0.313 e. The predicted octanol–water partition coefficient (Wildman–Crippen LogP) is 7.80. The number of hydrogen-bond donors (Lipinski definition) is 0. The number of carbonyl (C=O) groups is 2. The number of hydrogen-bond acceptors (Lipinski definition) is 9. The van der Waals surface area contributed by atoms with Crippen molar-refractivity contribution in [2.45, 2.75) is 76.8 Å².